The summed E-state index contributed by atoms with van der Waals surface area (Å²) in [7, 11) is 3.10. The second-order valence-electron chi connectivity index (χ2n) is 8.02. The lowest BCUT2D eigenvalue weighted by Gasteiger charge is -2.14. The van der Waals surface area contributed by atoms with Gasteiger partial charge in [0.1, 0.15) is 0 Å². The standard InChI is InChI=1S/C29H28N2O5/c1-5-36-29(33)24-18-25(20-10-7-6-8-11-20)31(19(24)2)23-13-9-12-21(16-23)28(32)30-22-14-15-26(34-3)27(17-22)35-4/h6-18H,5H2,1-4H3,(H,30,32). The molecule has 1 heterocycles. The van der Waals surface area contributed by atoms with Gasteiger partial charge < -0.3 is 24.1 Å². The number of hydrogen-bond donors (Lipinski definition) is 1. The lowest BCUT2D eigenvalue weighted by atomic mass is 10.1. The van der Waals surface area contributed by atoms with Gasteiger partial charge in [-0.25, -0.2) is 4.79 Å². The third-order valence-corrected chi connectivity index (χ3v) is 5.82. The Morgan fingerprint density at radius 2 is 1.61 bits per heavy atom. The average molecular weight is 485 g/mol. The zero-order valence-corrected chi connectivity index (χ0v) is 20.7. The van der Waals surface area contributed by atoms with E-state index >= 15 is 0 Å². The van der Waals surface area contributed by atoms with E-state index in [0.29, 0.717) is 28.3 Å². The van der Waals surface area contributed by atoms with Crippen molar-refractivity contribution in [3.63, 3.8) is 0 Å². The molecule has 0 radical (unpaired) electrons. The van der Waals surface area contributed by atoms with E-state index in [-0.39, 0.29) is 18.5 Å². The second-order valence-corrected chi connectivity index (χ2v) is 8.02. The second kappa shape index (κ2) is 10.8. The minimum atomic E-state index is -0.381. The molecule has 0 aliphatic rings. The van der Waals surface area contributed by atoms with Crippen molar-refractivity contribution in [2.75, 3.05) is 26.1 Å². The Morgan fingerprint density at radius 1 is 0.861 bits per heavy atom. The number of ether oxygens (including phenoxy) is 3. The van der Waals surface area contributed by atoms with E-state index in [1.54, 1.807) is 51.5 Å². The first-order chi connectivity index (χ1) is 17.5. The number of amides is 1. The highest BCUT2D eigenvalue weighted by Crippen LogP contribution is 2.32. The molecule has 0 saturated heterocycles. The number of methoxy groups -OCH3 is 2. The molecule has 3 aromatic carbocycles. The van der Waals surface area contributed by atoms with Gasteiger partial charge in [0.15, 0.2) is 11.5 Å². The minimum Gasteiger partial charge on any atom is -0.493 e. The summed E-state index contributed by atoms with van der Waals surface area (Å²) in [5.74, 6) is 0.437. The van der Waals surface area contributed by atoms with Gasteiger partial charge in [0.25, 0.3) is 5.91 Å². The van der Waals surface area contributed by atoms with Gasteiger partial charge in [-0.05, 0) is 55.8 Å². The monoisotopic (exact) mass is 484 g/mol. The molecule has 7 heteroatoms. The van der Waals surface area contributed by atoms with E-state index in [0.717, 1.165) is 22.6 Å². The molecule has 1 aromatic heterocycles. The summed E-state index contributed by atoms with van der Waals surface area (Å²) in [6.45, 7) is 3.94. The number of nitrogens with zero attached hydrogens (tertiary/aromatic N) is 1. The minimum absolute atomic E-state index is 0.277. The molecule has 184 valence electrons. The molecule has 0 fully saturated rings. The third kappa shape index (κ3) is 4.95. The first kappa shape index (κ1) is 24.6. The SMILES string of the molecule is CCOC(=O)c1cc(-c2ccccc2)n(-c2cccc(C(=O)Nc3ccc(OC)c(OC)c3)c2)c1C. The topological polar surface area (TPSA) is 78.8 Å². The van der Waals surface area contributed by atoms with Crippen molar-refractivity contribution >= 4 is 17.6 Å². The van der Waals surface area contributed by atoms with Crippen molar-refractivity contribution in [2.45, 2.75) is 13.8 Å². The number of anilines is 1. The van der Waals surface area contributed by atoms with Gasteiger partial charge in [-0.15, -0.1) is 0 Å². The molecule has 0 aliphatic carbocycles. The number of esters is 1. The van der Waals surface area contributed by atoms with Crippen LogP contribution in [0.3, 0.4) is 0 Å². The fourth-order valence-electron chi connectivity index (χ4n) is 4.08. The number of nitrogens with one attached hydrogen (secondary N) is 1. The summed E-state index contributed by atoms with van der Waals surface area (Å²) in [5.41, 5.74) is 4.77. The highest BCUT2D eigenvalue weighted by Gasteiger charge is 2.21. The lowest BCUT2D eigenvalue weighted by Crippen LogP contribution is -2.13. The van der Waals surface area contributed by atoms with Crippen LogP contribution in [0.1, 0.15) is 33.3 Å². The molecule has 4 aromatic rings. The van der Waals surface area contributed by atoms with Crippen LogP contribution in [0.25, 0.3) is 16.9 Å². The van der Waals surface area contributed by atoms with Crippen LogP contribution in [0.4, 0.5) is 5.69 Å². The smallest absolute Gasteiger partial charge is 0.339 e. The van der Waals surface area contributed by atoms with Crippen LogP contribution in [-0.2, 0) is 4.74 Å². The molecule has 1 N–H and O–H groups in total. The summed E-state index contributed by atoms with van der Waals surface area (Å²) in [6.07, 6.45) is 0. The van der Waals surface area contributed by atoms with Gasteiger partial charge in [0.2, 0.25) is 0 Å². The predicted molar refractivity (Wildman–Crippen MR) is 139 cm³/mol. The summed E-state index contributed by atoms with van der Waals surface area (Å²) in [4.78, 5) is 25.8. The number of benzene rings is 3. The van der Waals surface area contributed by atoms with Gasteiger partial charge in [0.05, 0.1) is 32.1 Å². The maximum atomic E-state index is 13.1. The van der Waals surface area contributed by atoms with Crippen LogP contribution in [0.2, 0.25) is 0 Å². The first-order valence-electron chi connectivity index (χ1n) is 11.6. The molecule has 0 spiro atoms. The zero-order valence-electron chi connectivity index (χ0n) is 20.7. The molecule has 0 unspecified atom stereocenters. The number of rotatable bonds is 8. The molecule has 0 saturated carbocycles. The molecule has 36 heavy (non-hydrogen) atoms. The van der Waals surface area contributed by atoms with Gasteiger partial charge in [-0.2, -0.15) is 0 Å². The quantitative estimate of drug-likeness (QED) is 0.315. The van der Waals surface area contributed by atoms with Gasteiger partial charge in [-0.3, -0.25) is 4.79 Å². The fraction of sp³-hybridized carbons (Fsp3) is 0.172. The maximum Gasteiger partial charge on any atom is 0.339 e. The van der Waals surface area contributed by atoms with Crippen LogP contribution in [-0.4, -0.2) is 37.3 Å². The summed E-state index contributed by atoms with van der Waals surface area (Å²) >= 11 is 0. The van der Waals surface area contributed by atoms with Crippen LogP contribution in [0.5, 0.6) is 11.5 Å². The molecule has 7 nitrogen and oxygen atoms in total. The molecule has 0 atom stereocenters. The van der Waals surface area contributed by atoms with Gasteiger partial charge in [-0.1, -0.05) is 36.4 Å². The van der Waals surface area contributed by atoms with Crippen molar-refractivity contribution < 1.29 is 23.8 Å². The molecular formula is C29H28N2O5. The van der Waals surface area contributed by atoms with Crippen LogP contribution in [0, 0.1) is 6.92 Å². The van der Waals surface area contributed by atoms with Crippen LogP contribution in [0.15, 0.2) is 78.9 Å². The van der Waals surface area contributed by atoms with Gasteiger partial charge >= 0.3 is 5.97 Å². The largest absolute Gasteiger partial charge is 0.493 e. The van der Waals surface area contributed by atoms with Crippen molar-refractivity contribution in [1.82, 2.24) is 4.57 Å². The Morgan fingerprint density at radius 3 is 2.31 bits per heavy atom. The van der Waals surface area contributed by atoms with Crippen molar-refractivity contribution in [3.8, 4) is 28.4 Å². The van der Waals surface area contributed by atoms with Crippen LogP contribution < -0.4 is 14.8 Å². The third-order valence-electron chi connectivity index (χ3n) is 5.82. The summed E-state index contributed by atoms with van der Waals surface area (Å²) in [5, 5.41) is 2.91. The first-order valence-corrected chi connectivity index (χ1v) is 11.6. The van der Waals surface area contributed by atoms with E-state index in [1.807, 2.05) is 60.0 Å². The Kier molecular flexibility index (Phi) is 7.39. The van der Waals surface area contributed by atoms with Gasteiger partial charge in [0, 0.05) is 28.7 Å². The van der Waals surface area contributed by atoms with Crippen LogP contribution >= 0.6 is 0 Å². The number of carbonyl (C=O) groups is 2. The van der Waals surface area contributed by atoms with E-state index in [2.05, 4.69) is 5.32 Å². The Labute approximate surface area is 210 Å². The number of aromatic nitrogens is 1. The summed E-state index contributed by atoms with van der Waals surface area (Å²) < 4.78 is 17.8. The van der Waals surface area contributed by atoms with Crippen molar-refractivity contribution in [2.24, 2.45) is 0 Å². The molecular weight excluding hydrogens is 456 g/mol. The van der Waals surface area contributed by atoms with E-state index < -0.39 is 0 Å². The van der Waals surface area contributed by atoms with Crippen molar-refractivity contribution in [1.29, 1.82) is 0 Å². The average Bonchev–Trinajstić information content (AvgIpc) is 3.26. The van der Waals surface area contributed by atoms with E-state index in [1.165, 1.54) is 0 Å². The predicted octanol–water partition coefficient (Wildman–Crippen LogP) is 5.90. The molecule has 0 bridgehead atoms. The van der Waals surface area contributed by atoms with E-state index in [9.17, 15) is 9.59 Å². The zero-order chi connectivity index (χ0) is 25.7. The Balaban J connectivity index is 1.73. The molecule has 1 amide bonds. The summed E-state index contributed by atoms with van der Waals surface area (Å²) in [6, 6.07) is 24.1. The normalized spacial score (nSPS) is 10.6. The number of carbonyl (C=O) groups excluding carboxylic acids is 2. The maximum absolute atomic E-state index is 13.1. The number of hydrogen-bond acceptors (Lipinski definition) is 5. The molecule has 0 aliphatic heterocycles. The highest BCUT2D eigenvalue weighted by molar-refractivity contribution is 6.04. The fourth-order valence-corrected chi connectivity index (χ4v) is 4.08. The lowest BCUT2D eigenvalue weighted by molar-refractivity contribution is 0.0525. The van der Waals surface area contributed by atoms with E-state index in [4.69, 9.17) is 14.2 Å². The highest BCUT2D eigenvalue weighted by atomic mass is 16.5. The molecule has 4 rings (SSSR count). The Bertz CT molecular complexity index is 1390. The Hall–Kier alpha value is -4.52. The van der Waals surface area contributed by atoms with Crippen molar-refractivity contribution in [3.05, 3.63) is 95.7 Å².